The van der Waals surface area contributed by atoms with Crippen molar-refractivity contribution in [2.45, 2.75) is 32.6 Å². The van der Waals surface area contributed by atoms with Gasteiger partial charge in [-0.05, 0) is 18.8 Å². The highest BCUT2D eigenvalue weighted by molar-refractivity contribution is 5.93. The Hall–Kier alpha value is -1.85. The van der Waals surface area contributed by atoms with Crippen LogP contribution < -0.4 is 0 Å². The van der Waals surface area contributed by atoms with E-state index in [2.05, 4.69) is 4.98 Å². The van der Waals surface area contributed by atoms with Gasteiger partial charge in [-0.25, -0.2) is 4.98 Å². The molecule has 0 saturated carbocycles. The number of carboxylic acid groups (broad SMARTS) is 1. The summed E-state index contributed by atoms with van der Waals surface area (Å²) in [5, 5.41) is 8.76. The third kappa shape index (κ3) is 3.13. The minimum Gasteiger partial charge on any atom is -0.481 e. The predicted molar refractivity (Wildman–Crippen MR) is 66.8 cm³/mol. The Labute approximate surface area is 111 Å². The van der Waals surface area contributed by atoms with Crippen molar-refractivity contribution >= 4 is 11.9 Å². The van der Waals surface area contributed by atoms with Crippen LogP contribution in [0.1, 0.15) is 42.4 Å². The Bertz CT molecular complexity index is 461. The van der Waals surface area contributed by atoms with E-state index >= 15 is 0 Å². The van der Waals surface area contributed by atoms with Crippen LogP contribution in [0.2, 0.25) is 0 Å². The van der Waals surface area contributed by atoms with E-state index in [0.29, 0.717) is 31.0 Å². The minimum atomic E-state index is -0.769. The summed E-state index contributed by atoms with van der Waals surface area (Å²) in [5.74, 6) is -0.101. The molecule has 1 fully saturated rings. The summed E-state index contributed by atoms with van der Waals surface area (Å²) in [5.41, 5.74) is 0.388. The van der Waals surface area contributed by atoms with Crippen LogP contribution in [0.4, 0.5) is 0 Å². The molecule has 2 rings (SSSR count). The number of aliphatic carboxylic acids is 1. The van der Waals surface area contributed by atoms with Gasteiger partial charge in [0.1, 0.15) is 5.76 Å². The SMILES string of the molecule is CCc1ocnc1C(=O)N1CCC(CC(=O)O)CC1. The Kier molecular flexibility index (Phi) is 4.19. The summed E-state index contributed by atoms with van der Waals surface area (Å²) in [4.78, 5) is 28.6. The van der Waals surface area contributed by atoms with Crippen molar-refractivity contribution in [3.63, 3.8) is 0 Å². The van der Waals surface area contributed by atoms with Crippen LogP contribution in [0, 0.1) is 5.92 Å². The number of oxazole rings is 1. The maximum absolute atomic E-state index is 12.3. The number of aryl methyl sites for hydroxylation is 1. The summed E-state index contributed by atoms with van der Waals surface area (Å²) in [7, 11) is 0. The normalized spacial score (nSPS) is 16.6. The van der Waals surface area contributed by atoms with Crippen molar-refractivity contribution in [1.29, 1.82) is 0 Å². The Morgan fingerprint density at radius 2 is 2.16 bits per heavy atom. The molecule has 1 aliphatic rings. The molecule has 6 nitrogen and oxygen atoms in total. The van der Waals surface area contributed by atoms with Crippen LogP contribution >= 0.6 is 0 Å². The maximum Gasteiger partial charge on any atom is 0.303 e. The third-order valence-corrected chi connectivity index (χ3v) is 3.53. The monoisotopic (exact) mass is 266 g/mol. The molecular formula is C13H18N2O4. The topological polar surface area (TPSA) is 83.6 Å². The number of carboxylic acids is 1. The van der Waals surface area contributed by atoms with Gasteiger partial charge < -0.3 is 14.4 Å². The molecule has 1 N–H and O–H groups in total. The molecule has 1 aromatic rings. The molecule has 0 spiro atoms. The molecule has 19 heavy (non-hydrogen) atoms. The molecule has 0 radical (unpaired) electrons. The fraction of sp³-hybridized carbons (Fsp3) is 0.615. The van der Waals surface area contributed by atoms with Gasteiger partial charge in [-0.3, -0.25) is 9.59 Å². The fourth-order valence-corrected chi connectivity index (χ4v) is 2.43. The van der Waals surface area contributed by atoms with Crippen LogP contribution in [-0.4, -0.2) is 40.0 Å². The summed E-state index contributed by atoms with van der Waals surface area (Å²) < 4.78 is 5.16. The first-order valence-electron chi connectivity index (χ1n) is 6.55. The van der Waals surface area contributed by atoms with Gasteiger partial charge in [0.15, 0.2) is 12.1 Å². The highest BCUT2D eigenvalue weighted by atomic mass is 16.4. The first-order valence-corrected chi connectivity index (χ1v) is 6.55. The van der Waals surface area contributed by atoms with Gasteiger partial charge in [0.25, 0.3) is 5.91 Å². The number of hydrogen-bond donors (Lipinski definition) is 1. The van der Waals surface area contributed by atoms with Crippen molar-refractivity contribution < 1.29 is 19.1 Å². The van der Waals surface area contributed by atoms with E-state index in [1.807, 2.05) is 6.92 Å². The lowest BCUT2D eigenvalue weighted by atomic mass is 9.93. The number of piperidine rings is 1. The largest absolute Gasteiger partial charge is 0.481 e. The molecule has 1 saturated heterocycles. The number of carbonyl (C=O) groups is 2. The summed E-state index contributed by atoms with van der Waals surface area (Å²) in [6, 6.07) is 0. The second-order valence-corrected chi connectivity index (χ2v) is 4.81. The van der Waals surface area contributed by atoms with E-state index in [9.17, 15) is 9.59 Å². The molecule has 2 heterocycles. The molecule has 6 heteroatoms. The van der Waals surface area contributed by atoms with E-state index in [4.69, 9.17) is 9.52 Å². The smallest absolute Gasteiger partial charge is 0.303 e. The van der Waals surface area contributed by atoms with Crippen LogP contribution in [0.25, 0.3) is 0 Å². The van der Waals surface area contributed by atoms with E-state index in [-0.39, 0.29) is 18.2 Å². The zero-order valence-corrected chi connectivity index (χ0v) is 11.0. The average molecular weight is 266 g/mol. The standard InChI is InChI=1S/C13H18N2O4/c1-2-10-12(14-8-19-10)13(18)15-5-3-9(4-6-15)7-11(16)17/h8-9H,2-7H2,1H3,(H,16,17). The van der Waals surface area contributed by atoms with Crippen molar-refractivity contribution in [3.05, 3.63) is 17.8 Å². The fourth-order valence-electron chi connectivity index (χ4n) is 2.43. The molecule has 0 atom stereocenters. The van der Waals surface area contributed by atoms with E-state index in [0.717, 1.165) is 12.8 Å². The van der Waals surface area contributed by atoms with Crippen molar-refractivity contribution in [2.75, 3.05) is 13.1 Å². The van der Waals surface area contributed by atoms with Gasteiger partial charge in [-0.1, -0.05) is 6.92 Å². The molecule has 0 aromatic carbocycles. The molecule has 104 valence electrons. The van der Waals surface area contributed by atoms with Crippen LogP contribution in [0.3, 0.4) is 0 Å². The number of amides is 1. The number of aromatic nitrogens is 1. The first kappa shape index (κ1) is 13.6. The number of nitrogens with zero attached hydrogens (tertiary/aromatic N) is 2. The van der Waals surface area contributed by atoms with Gasteiger partial charge in [0.2, 0.25) is 0 Å². The Morgan fingerprint density at radius 1 is 1.47 bits per heavy atom. The zero-order valence-electron chi connectivity index (χ0n) is 11.0. The van der Waals surface area contributed by atoms with Gasteiger partial charge in [-0.15, -0.1) is 0 Å². The molecular weight excluding hydrogens is 248 g/mol. The summed E-state index contributed by atoms with van der Waals surface area (Å²) >= 11 is 0. The molecule has 1 aromatic heterocycles. The van der Waals surface area contributed by atoms with Gasteiger partial charge in [-0.2, -0.15) is 0 Å². The number of hydrogen-bond acceptors (Lipinski definition) is 4. The van der Waals surface area contributed by atoms with Crippen LogP contribution in [-0.2, 0) is 11.2 Å². The maximum atomic E-state index is 12.3. The summed E-state index contributed by atoms with van der Waals surface area (Å²) in [6.07, 6.45) is 3.58. The zero-order chi connectivity index (χ0) is 13.8. The van der Waals surface area contributed by atoms with E-state index in [1.54, 1.807) is 4.90 Å². The van der Waals surface area contributed by atoms with Crippen molar-refractivity contribution in [2.24, 2.45) is 5.92 Å². The van der Waals surface area contributed by atoms with Crippen molar-refractivity contribution in [3.8, 4) is 0 Å². The second-order valence-electron chi connectivity index (χ2n) is 4.81. The number of rotatable bonds is 4. The molecule has 1 amide bonds. The van der Waals surface area contributed by atoms with Gasteiger partial charge in [0, 0.05) is 25.9 Å². The Balaban J connectivity index is 1.94. The van der Waals surface area contributed by atoms with E-state index in [1.165, 1.54) is 6.39 Å². The minimum absolute atomic E-state index is 0.112. The molecule has 0 aliphatic carbocycles. The first-order chi connectivity index (χ1) is 9.11. The molecule has 1 aliphatic heterocycles. The van der Waals surface area contributed by atoms with E-state index < -0.39 is 5.97 Å². The van der Waals surface area contributed by atoms with Crippen molar-refractivity contribution in [1.82, 2.24) is 9.88 Å². The lowest BCUT2D eigenvalue weighted by Crippen LogP contribution is -2.39. The lowest BCUT2D eigenvalue weighted by Gasteiger charge is -2.30. The molecule has 0 bridgehead atoms. The lowest BCUT2D eigenvalue weighted by molar-refractivity contribution is -0.138. The van der Waals surface area contributed by atoms with Gasteiger partial charge >= 0.3 is 5.97 Å². The van der Waals surface area contributed by atoms with Crippen LogP contribution in [0.5, 0.6) is 0 Å². The summed E-state index contributed by atoms with van der Waals surface area (Å²) in [6.45, 7) is 3.09. The quantitative estimate of drug-likeness (QED) is 0.894. The van der Waals surface area contributed by atoms with Gasteiger partial charge in [0.05, 0.1) is 0 Å². The second kappa shape index (κ2) is 5.86. The highest BCUT2D eigenvalue weighted by Gasteiger charge is 2.27. The molecule has 0 unspecified atom stereocenters. The number of likely N-dealkylation sites (tertiary alicyclic amines) is 1. The Morgan fingerprint density at radius 3 is 2.74 bits per heavy atom. The predicted octanol–water partition coefficient (Wildman–Crippen LogP) is 1.56. The average Bonchev–Trinajstić information content (AvgIpc) is 2.86. The number of carbonyl (C=O) groups excluding carboxylic acids is 1. The van der Waals surface area contributed by atoms with Crippen LogP contribution in [0.15, 0.2) is 10.8 Å². The third-order valence-electron chi connectivity index (χ3n) is 3.53. The highest BCUT2D eigenvalue weighted by Crippen LogP contribution is 2.22.